The largest absolute Gasteiger partial charge is 0.366 e. The van der Waals surface area contributed by atoms with Crippen molar-refractivity contribution in [1.82, 2.24) is 15.1 Å². The van der Waals surface area contributed by atoms with Gasteiger partial charge in [0.2, 0.25) is 5.91 Å². The number of hydrogen-bond acceptors (Lipinski definition) is 3. The van der Waals surface area contributed by atoms with Gasteiger partial charge in [0.05, 0.1) is 5.69 Å². The molecule has 0 spiro atoms. The highest BCUT2D eigenvalue weighted by molar-refractivity contribution is 5.92. The first kappa shape index (κ1) is 14.2. The summed E-state index contributed by atoms with van der Waals surface area (Å²) in [5, 5.41) is 7.40. The Morgan fingerprint density at radius 2 is 2.25 bits per heavy atom. The van der Waals surface area contributed by atoms with Crippen molar-refractivity contribution in [3.63, 3.8) is 0 Å². The smallest absolute Gasteiger partial charge is 0.248 e. The van der Waals surface area contributed by atoms with Crippen LogP contribution >= 0.6 is 0 Å². The van der Waals surface area contributed by atoms with E-state index in [1.807, 2.05) is 19.3 Å². The SMILES string of the molecule is Cn1ccc(CCNCc2ccc(C(N)=O)cc2F)n1. The molecular formula is C14H17FN4O. The molecule has 5 nitrogen and oxygen atoms in total. The number of aromatic nitrogens is 2. The fourth-order valence-corrected chi connectivity index (χ4v) is 1.88. The zero-order valence-electron chi connectivity index (χ0n) is 11.3. The van der Waals surface area contributed by atoms with E-state index in [0.29, 0.717) is 18.7 Å². The first-order valence-corrected chi connectivity index (χ1v) is 6.34. The minimum atomic E-state index is -0.626. The van der Waals surface area contributed by atoms with Crippen LogP contribution in [-0.2, 0) is 20.0 Å². The second kappa shape index (κ2) is 6.29. The average molecular weight is 276 g/mol. The average Bonchev–Trinajstić information content (AvgIpc) is 2.81. The molecule has 1 aromatic carbocycles. The number of nitrogens with two attached hydrogens (primary N) is 1. The molecule has 0 saturated heterocycles. The third-order valence-electron chi connectivity index (χ3n) is 2.98. The van der Waals surface area contributed by atoms with Gasteiger partial charge in [-0.2, -0.15) is 5.10 Å². The minimum absolute atomic E-state index is 0.180. The predicted molar refractivity (Wildman–Crippen MR) is 73.5 cm³/mol. The summed E-state index contributed by atoms with van der Waals surface area (Å²) in [6.07, 6.45) is 2.67. The summed E-state index contributed by atoms with van der Waals surface area (Å²) in [6.45, 7) is 1.10. The van der Waals surface area contributed by atoms with Gasteiger partial charge in [0.15, 0.2) is 0 Å². The van der Waals surface area contributed by atoms with E-state index >= 15 is 0 Å². The molecule has 2 aromatic rings. The molecule has 1 amide bonds. The van der Waals surface area contributed by atoms with Crippen LogP contribution in [0, 0.1) is 5.82 Å². The third kappa shape index (κ3) is 3.64. The molecule has 0 unspecified atom stereocenters. The quantitative estimate of drug-likeness (QED) is 0.773. The number of nitrogens with zero attached hydrogens (tertiary/aromatic N) is 2. The molecular weight excluding hydrogens is 259 g/mol. The number of carbonyl (C=O) groups excluding carboxylic acids is 1. The van der Waals surface area contributed by atoms with Crippen molar-refractivity contribution < 1.29 is 9.18 Å². The lowest BCUT2D eigenvalue weighted by molar-refractivity contribution is 0.1000. The van der Waals surface area contributed by atoms with Crippen molar-refractivity contribution in [2.45, 2.75) is 13.0 Å². The standard InChI is InChI=1S/C14H17FN4O/c1-19-7-5-12(18-19)4-6-17-9-11-3-2-10(14(16)20)8-13(11)15/h2-3,5,7-8,17H,4,6,9H2,1H3,(H2,16,20). The Morgan fingerprint density at radius 1 is 1.45 bits per heavy atom. The van der Waals surface area contributed by atoms with Crippen molar-refractivity contribution in [1.29, 1.82) is 0 Å². The number of aryl methyl sites for hydroxylation is 1. The molecule has 1 aromatic heterocycles. The Hall–Kier alpha value is -2.21. The number of amides is 1. The molecule has 0 aliphatic heterocycles. The van der Waals surface area contributed by atoms with Crippen molar-refractivity contribution in [3.05, 3.63) is 53.1 Å². The summed E-state index contributed by atoms with van der Waals surface area (Å²) in [6, 6.07) is 6.21. The Kier molecular flexibility index (Phi) is 4.47. The normalized spacial score (nSPS) is 10.7. The maximum absolute atomic E-state index is 13.7. The number of hydrogen-bond donors (Lipinski definition) is 2. The second-order valence-electron chi connectivity index (χ2n) is 4.58. The Balaban J connectivity index is 1.83. The summed E-state index contributed by atoms with van der Waals surface area (Å²) < 4.78 is 15.4. The summed E-state index contributed by atoms with van der Waals surface area (Å²) in [5.74, 6) is -1.05. The molecule has 3 N–H and O–H groups in total. The highest BCUT2D eigenvalue weighted by Gasteiger charge is 2.06. The van der Waals surface area contributed by atoms with Crippen LogP contribution in [0.1, 0.15) is 21.6 Å². The van der Waals surface area contributed by atoms with Gasteiger partial charge in [-0.15, -0.1) is 0 Å². The van der Waals surface area contributed by atoms with E-state index in [0.717, 1.165) is 18.2 Å². The maximum atomic E-state index is 13.7. The van der Waals surface area contributed by atoms with Crippen LogP contribution in [0.2, 0.25) is 0 Å². The van der Waals surface area contributed by atoms with E-state index in [1.54, 1.807) is 10.7 Å². The van der Waals surface area contributed by atoms with Crippen LogP contribution in [0.3, 0.4) is 0 Å². The summed E-state index contributed by atoms with van der Waals surface area (Å²) in [7, 11) is 1.87. The molecule has 0 atom stereocenters. The van der Waals surface area contributed by atoms with E-state index in [9.17, 15) is 9.18 Å². The summed E-state index contributed by atoms with van der Waals surface area (Å²) >= 11 is 0. The Morgan fingerprint density at radius 3 is 2.85 bits per heavy atom. The maximum Gasteiger partial charge on any atom is 0.248 e. The number of halogens is 1. The fraction of sp³-hybridized carbons (Fsp3) is 0.286. The van der Waals surface area contributed by atoms with Crippen LogP contribution in [-0.4, -0.2) is 22.2 Å². The van der Waals surface area contributed by atoms with Crippen molar-refractivity contribution in [3.8, 4) is 0 Å². The summed E-state index contributed by atoms with van der Waals surface area (Å²) in [4.78, 5) is 10.9. The first-order chi connectivity index (χ1) is 9.56. The van der Waals surface area contributed by atoms with Crippen LogP contribution in [0.4, 0.5) is 4.39 Å². The molecule has 0 saturated carbocycles. The third-order valence-corrected chi connectivity index (χ3v) is 2.98. The molecule has 106 valence electrons. The lowest BCUT2D eigenvalue weighted by atomic mass is 10.1. The van der Waals surface area contributed by atoms with Gasteiger partial charge < -0.3 is 11.1 Å². The van der Waals surface area contributed by atoms with Crippen molar-refractivity contribution in [2.75, 3.05) is 6.54 Å². The monoisotopic (exact) mass is 276 g/mol. The predicted octanol–water partition coefficient (Wildman–Crippen LogP) is 0.990. The number of benzene rings is 1. The first-order valence-electron chi connectivity index (χ1n) is 6.34. The van der Waals surface area contributed by atoms with Crippen molar-refractivity contribution >= 4 is 5.91 Å². The van der Waals surface area contributed by atoms with Gasteiger partial charge in [0, 0.05) is 43.9 Å². The van der Waals surface area contributed by atoms with Gasteiger partial charge in [-0.1, -0.05) is 6.07 Å². The number of rotatable bonds is 6. The van der Waals surface area contributed by atoms with E-state index in [2.05, 4.69) is 10.4 Å². The van der Waals surface area contributed by atoms with Gasteiger partial charge >= 0.3 is 0 Å². The highest BCUT2D eigenvalue weighted by atomic mass is 19.1. The molecule has 6 heteroatoms. The minimum Gasteiger partial charge on any atom is -0.366 e. The summed E-state index contributed by atoms with van der Waals surface area (Å²) in [5.41, 5.74) is 6.77. The molecule has 2 rings (SSSR count). The number of carbonyl (C=O) groups is 1. The highest BCUT2D eigenvalue weighted by Crippen LogP contribution is 2.10. The van der Waals surface area contributed by atoms with Gasteiger partial charge in [0.25, 0.3) is 0 Å². The topological polar surface area (TPSA) is 72.9 Å². The zero-order valence-corrected chi connectivity index (χ0v) is 11.3. The Labute approximate surface area is 116 Å². The van der Waals surface area contributed by atoms with E-state index in [4.69, 9.17) is 5.73 Å². The van der Waals surface area contributed by atoms with Crippen LogP contribution in [0.25, 0.3) is 0 Å². The van der Waals surface area contributed by atoms with E-state index in [-0.39, 0.29) is 5.56 Å². The van der Waals surface area contributed by atoms with Gasteiger partial charge in [-0.05, 0) is 18.2 Å². The lowest BCUT2D eigenvalue weighted by Gasteiger charge is -2.06. The van der Waals surface area contributed by atoms with Gasteiger partial charge in [0.1, 0.15) is 5.82 Å². The fourth-order valence-electron chi connectivity index (χ4n) is 1.88. The molecule has 1 heterocycles. The van der Waals surface area contributed by atoms with Gasteiger partial charge in [-0.3, -0.25) is 9.48 Å². The van der Waals surface area contributed by atoms with E-state index in [1.165, 1.54) is 6.07 Å². The van der Waals surface area contributed by atoms with Crippen molar-refractivity contribution in [2.24, 2.45) is 12.8 Å². The Bertz CT molecular complexity index is 609. The number of nitrogens with one attached hydrogen (secondary N) is 1. The van der Waals surface area contributed by atoms with Gasteiger partial charge in [-0.25, -0.2) is 4.39 Å². The van der Waals surface area contributed by atoms with Crippen LogP contribution in [0.15, 0.2) is 30.5 Å². The van der Waals surface area contributed by atoms with Crippen LogP contribution < -0.4 is 11.1 Å². The van der Waals surface area contributed by atoms with Crippen LogP contribution in [0.5, 0.6) is 0 Å². The second-order valence-corrected chi connectivity index (χ2v) is 4.58. The molecule has 0 radical (unpaired) electrons. The molecule has 0 bridgehead atoms. The molecule has 20 heavy (non-hydrogen) atoms. The number of primary amides is 1. The van der Waals surface area contributed by atoms with E-state index < -0.39 is 11.7 Å². The lowest BCUT2D eigenvalue weighted by Crippen LogP contribution is -2.18. The molecule has 0 fully saturated rings. The molecule has 0 aliphatic carbocycles. The molecule has 0 aliphatic rings. The zero-order chi connectivity index (χ0) is 14.5.